The van der Waals surface area contributed by atoms with E-state index in [1.807, 2.05) is 19.1 Å². The summed E-state index contributed by atoms with van der Waals surface area (Å²) in [7, 11) is 0. The van der Waals surface area contributed by atoms with Crippen molar-refractivity contribution in [2.75, 3.05) is 24.6 Å². The van der Waals surface area contributed by atoms with E-state index < -0.39 is 0 Å². The second kappa shape index (κ2) is 8.20. The Labute approximate surface area is 144 Å². The summed E-state index contributed by atoms with van der Waals surface area (Å²) in [4.78, 5) is 15.8. The van der Waals surface area contributed by atoms with Crippen molar-refractivity contribution in [1.82, 2.24) is 15.0 Å². The summed E-state index contributed by atoms with van der Waals surface area (Å²) in [5.74, 6) is 1.75. The zero-order valence-electron chi connectivity index (χ0n) is 14.6. The first-order valence-corrected chi connectivity index (χ1v) is 8.89. The maximum atomic E-state index is 5.93. The molecular formula is C19H26N4O. The summed E-state index contributed by atoms with van der Waals surface area (Å²) in [6.45, 7) is 6.99. The largest absolute Gasteiger partial charge is 0.376 e. The number of aryl methyl sites for hydroxylation is 1. The molecule has 2 aromatic rings. The zero-order chi connectivity index (χ0) is 16.8. The van der Waals surface area contributed by atoms with E-state index in [0.717, 1.165) is 55.4 Å². The van der Waals surface area contributed by atoms with Gasteiger partial charge in [-0.2, -0.15) is 0 Å². The van der Waals surface area contributed by atoms with Gasteiger partial charge in [-0.05, 0) is 44.7 Å². The highest BCUT2D eigenvalue weighted by molar-refractivity contribution is 5.57. The van der Waals surface area contributed by atoms with Gasteiger partial charge in [-0.25, -0.2) is 9.97 Å². The lowest BCUT2D eigenvalue weighted by Gasteiger charge is -2.30. The molecule has 0 bridgehead atoms. The predicted molar refractivity (Wildman–Crippen MR) is 96.1 cm³/mol. The van der Waals surface area contributed by atoms with Crippen molar-refractivity contribution in [2.45, 2.75) is 45.6 Å². The average molecular weight is 326 g/mol. The van der Waals surface area contributed by atoms with Crippen molar-refractivity contribution < 1.29 is 4.74 Å². The van der Waals surface area contributed by atoms with Crippen LogP contribution in [-0.4, -0.2) is 40.8 Å². The van der Waals surface area contributed by atoms with Gasteiger partial charge in [0.25, 0.3) is 0 Å². The Morgan fingerprint density at radius 3 is 2.75 bits per heavy atom. The number of rotatable bonds is 6. The third kappa shape index (κ3) is 4.29. The summed E-state index contributed by atoms with van der Waals surface area (Å²) >= 11 is 0. The quantitative estimate of drug-likeness (QED) is 0.811. The van der Waals surface area contributed by atoms with Crippen molar-refractivity contribution in [2.24, 2.45) is 0 Å². The molecule has 128 valence electrons. The van der Waals surface area contributed by atoms with Gasteiger partial charge in [0.2, 0.25) is 0 Å². The molecule has 3 rings (SSSR count). The number of aromatic nitrogens is 3. The van der Waals surface area contributed by atoms with Gasteiger partial charge in [-0.1, -0.05) is 6.92 Å². The summed E-state index contributed by atoms with van der Waals surface area (Å²) in [6.07, 6.45) is 8.53. The molecule has 0 aromatic carbocycles. The van der Waals surface area contributed by atoms with Gasteiger partial charge in [0.15, 0.2) is 5.82 Å². The highest BCUT2D eigenvalue weighted by Gasteiger charge is 2.19. The summed E-state index contributed by atoms with van der Waals surface area (Å²) in [6, 6.07) is 5.98. The van der Waals surface area contributed by atoms with Crippen molar-refractivity contribution in [3.8, 4) is 11.4 Å². The Morgan fingerprint density at radius 1 is 1.21 bits per heavy atom. The molecule has 1 unspecified atom stereocenters. The van der Waals surface area contributed by atoms with E-state index in [4.69, 9.17) is 9.72 Å². The maximum absolute atomic E-state index is 5.93. The molecule has 5 heteroatoms. The average Bonchev–Trinajstić information content (AvgIpc) is 2.62. The minimum atomic E-state index is 0.310. The molecule has 0 spiro atoms. The fourth-order valence-corrected chi connectivity index (χ4v) is 3.11. The SMILES string of the molecule is CCCN(CC1CCCCO1)c1cc(C)nc(-c2ccncc2)n1. The minimum absolute atomic E-state index is 0.310. The van der Waals surface area contributed by atoms with Crippen LogP contribution >= 0.6 is 0 Å². The number of ether oxygens (including phenoxy) is 1. The summed E-state index contributed by atoms with van der Waals surface area (Å²) in [5, 5.41) is 0. The third-order valence-corrected chi connectivity index (χ3v) is 4.29. The molecule has 1 fully saturated rings. The van der Waals surface area contributed by atoms with Crippen LogP contribution in [0.3, 0.4) is 0 Å². The molecule has 24 heavy (non-hydrogen) atoms. The van der Waals surface area contributed by atoms with Crippen LogP contribution in [0.2, 0.25) is 0 Å². The number of anilines is 1. The molecule has 1 atom stereocenters. The summed E-state index contributed by atoms with van der Waals surface area (Å²) in [5.41, 5.74) is 1.98. The van der Waals surface area contributed by atoms with Crippen LogP contribution in [0, 0.1) is 6.92 Å². The lowest BCUT2D eigenvalue weighted by molar-refractivity contribution is 0.0209. The fraction of sp³-hybridized carbons (Fsp3) is 0.526. The molecule has 0 radical (unpaired) electrons. The Morgan fingerprint density at radius 2 is 2.04 bits per heavy atom. The molecule has 1 aliphatic heterocycles. The predicted octanol–water partition coefficient (Wildman–Crippen LogP) is 3.63. The monoisotopic (exact) mass is 326 g/mol. The number of hydrogen-bond donors (Lipinski definition) is 0. The molecule has 0 saturated carbocycles. The van der Waals surface area contributed by atoms with E-state index >= 15 is 0 Å². The van der Waals surface area contributed by atoms with Gasteiger partial charge < -0.3 is 9.64 Å². The highest BCUT2D eigenvalue weighted by atomic mass is 16.5. The van der Waals surface area contributed by atoms with Gasteiger partial charge in [0.05, 0.1) is 6.10 Å². The number of nitrogens with zero attached hydrogens (tertiary/aromatic N) is 4. The fourth-order valence-electron chi connectivity index (χ4n) is 3.11. The number of pyridine rings is 1. The normalized spacial score (nSPS) is 17.7. The second-order valence-electron chi connectivity index (χ2n) is 6.36. The van der Waals surface area contributed by atoms with Gasteiger partial charge in [-0.15, -0.1) is 0 Å². The number of hydrogen-bond acceptors (Lipinski definition) is 5. The van der Waals surface area contributed by atoms with E-state index in [1.54, 1.807) is 12.4 Å². The topological polar surface area (TPSA) is 51.1 Å². The van der Waals surface area contributed by atoms with E-state index in [-0.39, 0.29) is 0 Å². The van der Waals surface area contributed by atoms with E-state index in [9.17, 15) is 0 Å². The summed E-state index contributed by atoms with van der Waals surface area (Å²) < 4.78 is 5.93. The molecule has 2 aromatic heterocycles. The first-order valence-electron chi connectivity index (χ1n) is 8.89. The molecular weight excluding hydrogens is 300 g/mol. The third-order valence-electron chi connectivity index (χ3n) is 4.29. The van der Waals surface area contributed by atoms with Crippen LogP contribution in [0.4, 0.5) is 5.82 Å². The maximum Gasteiger partial charge on any atom is 0.161 e. The van der Waals surface area contributed by atoms with Gasteiger partial charge >= 0.3 is 0 Å². The Hall–Kier alpha value is -2.01. The van der Waals surface area contributed by atoms with Crippen molar-refractivity contribution >= 4 is 5.82 Å². The van der Waals surface area contributed by atoms with Gasteiger partial charge in [0, 0.05) is 49.4 Å². The van der Waals surface area contributed by atoms with E-state index in [0.29, 0.717) is 6.10 Å². The minimum Gasteiger partial charge on any atom is -0.376 e. The Kier molecular flexibility index (Phi) is 5.75. The van der Waals surface area contributed by atoms with Crippen molar-refractivity contribution in [3.63, 3.8) is 0 Å². The molecule has 1 aliphatic rings. The van der Waals surface area contributed by atoms with Gasteiger partial charge in [0.1, 0.15) is 5.82 Å². The second-order valence-corrected chi connectivity index (χ2v) is 6.36. The van der Waals surface area contributed by atoms with Crippen LogP contribution in [0.1, 0.15) is 38.3 Å². The van der Waals surface area contributed by atoms with Crippen LogP contribution in [0.15, 0.2) is 30.6 Å². The van der Waals surface area contributed by atoms with Crippen molar-refractivity contribution in [3.05, 3.63) is 36.3 Å². The molecule has 3 heterocycles. The van der Waals surface area contributed by atoms with Crippen LogP contribution in [0.25, 0.3) is 11.4 Å². The van der Waals surface area contributed by atoms with Crippen LogP contribution in [-0.2, 0) is 4.74 Å². The van der Waals surface area contributed by atoms with E-state index in [1.165, 1.54) is 12.8 Å². The van der Waals surface area contributed by atoms with Crippen LogP contribution < -0.4 is 4.90 Å². The first kappa shape index (κ1) is 16.8. The Balaban J connectivity index is 1.85. The zero-order valence-corrected chi connectivity index (χ0v) is 14.6. The van der Waals surface area contributed by atoms with Crippen LogP contribution in [0.5, 0.6) is 0 Å². The molecule has 0 amide bonds. The lowest BCUT2D eigenvalue weighted by atomic mass is 10.1. The Bertz CT molecular complexity index is 641. The van der Waals surface area contributed by atoms with Gasteiger partial charge in [-0.3, -0.25) is 4.98 Å². The lowest BCUT2D eigenvalue weighted by Crippen LogP contribution is -2.37. The molecule has 0 N–H and O–H groups in total. The first-order chi connectivity index (χ1) is 11.8. The standard InChI is InChI=1S/C19H26N4O/c1-3-11-23(14-17-6-4-5-12-24-17)18-13-15(2)21-19(22-18)16-7-9-20-10-8-16/h7-10,13,17H,3-6,11-12,14H2,1-2H3. The molecule has 5 nitrogen and oxygen atoms in total. The van der Waals surface area contributed by atoms with E-state index in [2.05, 4.69) is 27.9 Å². The molecule has 1 saturated heterocycles. The molecule has 0 aliphatic carbocycles. The highest BCUT2D eigenvalue weighted by Crippen LogP contribution is 2.22. The smallest absolute Gasteiger partial charge is 0.161 e. The van der Waals surface area contributed by atoms with Crippen molar-refractivity contribution in [1.29, 1.82) is 0 Å².